The summed E-state index contributed by atoms with van der Waals surface area (Å²) in [7, 11) is 0. The molecule has 0 unspecified atom stereocenters. The summed E-state index contributed by atoms with van der Waals surface area (Å²) in [5.41, 5.74) is 5.67. The van der Waals surface area contributed by atoms with E-state index in [1.807, 2.05) is 17.0 Å². The van der Waals surface area contributed by atoms with Gasteiger partial charge in [0.2, 0.25) is 5.91 Å². The van der Waals surface area contributed by atoms with Crippen LogP contribution < -0.4 is 4.90 Å². The second kappa shape index (κ2) is 7.09. The maximum absolute atomic E-state index is 13.0. The summed E-state index contributed by atoms with van der Waals surface area (Å²) in [6, 6.07) is 8.31. The molecule has 6 rings (SSSR count). The van der Waals surface area contributed by atoms with Crippen LogP contribution in [0.1, 0.15) is 23.1 Å². The van der Waals surface area contributed by atoms with Gasteiger partial charge in [-0.15, -0.1) is 0 Å². The number of nitrogens with zero attached hydrogens (tertiary/aromatic N) is 4. The predicted molar refractivity (Wildman–Crippen MR) is 118 cm³/mol. The number of carbonyl (C=O) groups is 1. The van der Waals surface area contributed by atoms with Crippen LogP contribution in [-0.2, 0) is 24.1 Å². The number of aromatic nitrogens is 2. The molecule has 1 aromatic carbocycles. The molecule has 0 atom stereocenters. The van der Waals surface area contributed by atoms with E-state index in [1.54, 1.807) is 23.8 Å². The van der Waals surface area contributed by atoms with Crippen LogP contribution in [0.3, 0.4) is 0 Å². The summed E-state index contributed by atoms with van der Waals surface area (Å²) in [6.45, 7) is 3.02. The third-order valence-electron chi connectivity index (χ3n) is 6.27. The van der Waals surface area contributed by atoms with Crippen LogP contribution in [0.5, 0.6) is 0 Å². The van der Waals surface area contributed by atoms with Crippen molar-refractivity contribution in [3.63, 3.8) is 0 Å². The van der Waals surface area contributed by atoms with Gasteiger partial charge in [0.15, 0.2) is 5.13 Å². The average molecular weight is 419 g/mol. The van der Waals surface area contributed by atoms with Gasteiger partial charge in [0.25, 0.3) is 0 Å². The second-order valence-electron chi connectivity index (χ2n) is 8.10. The highest BCUT2D eigenvalue weighted by molar-refractivity contribution is 7.21. The second-order valence-corrected chi connectivity index (χ2v) is 9.06. The van der Waals surface area contributed by atoms with E-state index >= 15 is 0 Å². The van der Waals surface area contributed by atoms with Gasteiger partial charge in [-0.05, 0) is 54.7 Å². The monoisotopic (exact) mass is 418 g/mol. The Bertz CT molecular complexity index is 1220. The highest BCUT2D eigenvalue weighted by Crippen LogP contribution is 2.31. The number of piperazine rings is 1. The molecule has 1 saturated heterocycles. The molecule has 2 aliphatic rings. The first-order valence-electron chi connectivity index (χ1n) is 10.5. The minimum Gasteiger partial charge on any atom is -0.464 e. The smallest absolute Gasteiger partial charge is 0.227 e. The quantitative estimate of drug-likeness (QED) is 0.506. The molecule has 4 heterocycles. The number of furan rings is 1. The topological polar surface area (TPSA) is 62.5 Å². The van der Waals surface area contributed by atoms with E-state index < -0.39 is 0 Å². The number of amides is 1. The number of hydrogen-bond acceptors (Lipinski definition) is 6. The van der Waals surface area contributed by atoms with Crippen molar-refractivity contribution >= 4 is 43.7 Å². The van der Waals surface area contributed by atoms with Gasteiger partial charge in [0.05, 0.1) is 12.7 Å². The van der Waals surface area contributed by atoms with Crippen LogP contribution in [0.2, 0.25) is 0 Å². The highest BCUT2D eigenvalue weighted by Gasteiger charge is 2.24. The minimum atomic E-state index is 0.170. The van der Waals surface area contributed by atoms with Crippen molar-refractivity contribution in [2.24, 2.45) is 0 Å². The van der Waals surface area contributed by atoms with Crippen molar-refractivity contribution in [3.05, 3.63) is 53.4 Å². The summed E-state index contributed by atoms with van der Waals surface area (Å²) in [6.07, 6.45) is 7.45. The number of pyridine rings is 1. The van der Waals surface area contributed by atoms with Crippen LogP contribution in [0, 0.1) is 0 Å². The van der Waals surface area contributed by atoms with Gasteiger partial charge >= 0.3 is 0 Å². The Labute approximate surface area is 178 Å². The number of hydrogen-bond donors (Lipinski definition) is 0. The Kier molecular flexibility index (Phi) is 4.23. The molecule has 1 aliphatic carbocycles. The third kappa shape index (κ3) is 3.04. The normalized spacial score (nSPS) is 16.5. The minimum absolute atomic E-state index is 0.170. The number of aryl methyl sites for hydroxylation is 2. The lowest BCUT2D eigenvalue weighted by molar-refractivity contribution is -0.130. The Morgan fingerprint density at radius 2 is 1.97 bits per heavy atom. The molecule has 1 aliphatic heterocycles. The number of anilines is 1. The summed E-state index contributed by atoms with van der Waals surface area (Å²) in [5, 5.41) is 2.09. The average Bonchev–Trinajstić information content (AvgIpc) is 3.50. The largest absolute Gasteiger partial charge is 0.464 e. The molecule has 0 spiro atoms. The Morgan fingerprint density at radius 1 is 1.13 bits per heavy atom. The maximum Gasteiger partial charge on any atom is 0.227 e. The molecule has 1 fully saturated rings. The van der Waals surface area contributed by atoms with Gasteiger partial charge in [-0.25, -0.2) is 9.97 Å². The Hall–Kier alpha value is -2.93. The zero-order valence-electron chi connectivity index (χ0n) is 16.6. The molecule has 6 nitrogen and oxygen atoms in total. The fourth-order valence-electron chi connectivity index (χ4n) is 4.60. The van der Waals surface area contributed by atoms with Gasteiger partial charge in [0.1, 0.15) is 15.9 Å². The van der Waals surface area contributed by atoms with Crippen LogP contribution in [0.25, 0.3) is 21.3 Å². The molecule has 0 saturated carbocycles. The van der Waals surface area contributed by atoms with Gasteiger partial charge in [-0.3, -0.25) is 4.79 Å². The lowest BCUT2D eigenvalue weighted by Crippen LogP contribution is -2.49. The van der Waals surface area contributed by atoms with E-state index in [9.17, 15) is 4.79 Å². The first-order chi connectivity index (χ1) is 14.7. The van der Waals surface area contributed by atoms with Crippen LogP contribution in [0.15, 0.2) is 41.1 Å². The zero-order chi connectivity index (χ0) is 20.1. The van der Waals surface area contributed by atoms with Crippen molar-refractivity contribution in [1.82, 2.24) is 14.9 Å². The van der Waals surface area contributed by atoms with Crippen molar-refractivity contribution in [2.45, 2.75) is 25.7 Å². The van der Waals surface area contributed by atoms with Gasteiger partial charge in [-0.2, -0.15) is 0 Å². The van der Waals surface area contributed by atoms with E-state index in [4.69, 9.17) is 9.40 Å². The fraction of sp³-hybridized carbons (Fsp3) is 0.348. The third-order valence-corrected chi connectivity index (χ3v) is 7.31. The first-order valence-corrected chi connectivity index (χ1v) is 11.3. The number of rotatable bonds is 3. The molecule has 1 amide bonds. The van der Waals surface area contributed by atoms with Gasteiger partial charge in [0, 0.05) is 43.3 Å². The number of benzene rings is 1. The van der Waals surface area contributed by atoms with Crippen molar-refractivity contribution < 1.29 is 9.21 Å². The first kappa shape index (κ1) is 17.9. The van der Waals surface area contributed by atoms with Crippen LogP contribution >= 0.6 is 11.3 Å². The molecular weight excluding hydrogens is 396 g/mol. The summed E-state index contributed by atoms with van der Waals surface area (Å²) in [5.74, 6) is 0.170. The maximum atomic E-state index is 13.0. The predicted octanol–water partition coefficient (Wildman–Crippen LogP) is 3.82. The summed E-state index contributed by atoms with van der Waals surface area (Å²) in [4.78, 5) is 27.2. The molecule has 0 bridgehead atoms. The molecule has 152 valence electrons. The SMILES string of the molecule is O=C(Cc1coc2cc3c(cc12)CCC3)N1CCN(c2nc3cccnc3s2)CC1. The molecule has 4 aromatic rings. The molecule has 0 N–H and O–H groups in total. The molecule has 7 heteroatoms. The van der Waals surface area contributed by atoms with Crippen molar-refractivity contribution in [3.8, 4) is 0 Å². The van der Waals surface area contributed by atoms with Gasteiger partial charge in [-0.1, -0.05) is 11.3 Å². The molecule has 30 heavy (non-hydrogen) atoms. The lowest BCUT2D eigenvalue weighted by atomic mass is 10.0. The summed E-state index contributed by atoms with van der Waals surface area (Å²) < 4.78 is 5.77. The van der Waals surface area contributed by atoms with E-state index in [0.717, 1.165) is 57.9 Å². The summed E-state index contributed by atoms with van der Waals surface area (Å²) >= 11 is 1.62. The van der Waals surface area contributed by atoms with Crippen molar-refractivity contribution in [2.75, 3.05) is 31.1 Å². The fourth-order valence-corrected chi connectivity index (χ4v) is 5.56. The highest BCUT2D eigenvalue weighted by atomic mass is 32.1. The molecule has 0 radical (unpaired) electrons. The standard InChI is InChI=1S/C23H22N4O2S/c28-21(13-17-14-29-20-12-16-4-1-3-15(16)11-18(17)20)26-7-9-27(10-8-26)23-25-19-5-2-6-24-22(19)30-23/h2,5-6,11-12,14H,1,3-4,7-10,13H2. The van der Waals surface area contributed by atoms with Crippen molar-refractivity contribution in [1.29, 1.82) is 0 Å². The number of fused-ring (bicyclic) bond motifs is 3. The Morgan fingerprint density at radius 3 is 2.80 bits per heavy atom. The van der Waals surface area contributed by atoms with Gasteiger partial charge < -0.3 is 14.2 Å². The van der Waals surface area contributed by atoms with Crippen LogP contribution in [0.4, 0.5) is 5.13 Å². The van der Waals surface area contributed by atoms with E-state index in [2.05, 4.69) is 22.0 Å². The van der Waals surface area contributed by atoms with E-state index in [-0.39, 0.29) is 5.91 Å². The number of carbonyl (C=O) groups excluding carboxylic acids is 1. The zero-order valence-corrected chi connectivity index (χ0v) is 17.5. The Balaban J connectivity index is 1.14. The lowest BCUT2D eigenvalue weighted by Gasteiger charge is -2.34. The molecular formula is C23H22N4O2S. The number of thiazole rings is 1. The van der Waals surface area contributed by atoms with Crippen LogP contribution in [-0.4, -0.2) is 47.0 Å². The van der Waals surface area contributed by atoms with E-state index in [0.29, 0.717) is 19.5 Å². The van der Waals surface area contributed by atoms with E-state index in [1.165, 1.54) is 17.5 Å². The molecule has 3 aromatic heterocycles.